The molecule has 1 heterocycles. The molecule has 1 N–H and O–H groups in total. The molecule has 4 rings (SSSR count). The Morgan fingerprint density at radius 3 is 2.04 bits per heavy atom. The average Bonchev–Trinajstić information content (AvgIpc) is 3.45. The zero-order chi connectivity index (χ0) is 18.8. The van der Waals surface area contributed by atoms with E-state index in [4.69, 9.17) is 0 Å². The maximum Gasteiger partial charge on any atom is 0.323 e. The number of nitrogens with one attached hydrogen (secondary N) is 1. The summed E-state index contributed by atoms with van der Waals surface area (Å²) in [7, 11) is 0. The number of halogens is 1. The van der Waals surface area contributed by atoms with Crippen LogP contribution in [0.3, 0.4) is 0 Å². The van der Waals surface area contributed by atoms with Crippen LogP contribution in [0.4, 0.5) is 14.9 Å². The molecule has 2 atom stereocenters. The lowest BCUT2D eigenvalue weighted by Gasteiger charge is -2.07. The van der Waals surface area contributed by atoms with Gasteiger partial charge in [-0.25, -0.2) is 9.18 Å². The first-order valence-electron chi connectivity index (χ1n) is 8.64. The topological polar surface area (TPSA) is 49.2 Å². The maximum absolute atomic E-state index is 13.2. The first-order valence-corrected chi connectivity index (χ1v) is 8.64. The Labute approximate surface area is 156 Å². The fourth-order valence-electron chi connectivity index (χ4n) is 3.24. The molecule has 0 bridgehead atoms. The summed E-state index contributed by atoms with van der Waals surface area (Å²) < 4.78 is 13.2. The number of benzene rings is 3. The predicted molar refractivity (Wildman–Crippen MR) is 101 cm³/mol. The van der Waals surface area contributed by atoms with E-state index in [1.54, 1.807) is 12.1 Å². The summed E-state index contributed by atoms with van der Waals surface area (Å²) in [5.41, 5.74) is 1.94. The molecule has 0 unspecified atom stereocenters. The van der Waals surface area contributed by atoms with E-state index in [9.17, 15) is 14.0 Å². The van der Waals surface area contributed by atoms with Crippen molar-refractivity contribution < 1.29 is 14.0 Å². The van der Waals surface area contributed by atoms with Crippen molar-refractivity contribution in [2.45, 2.75) is 12.1 Å². The van der Waals surface area contributed by atoms with Crippen molar-refractivity contribution in [3.8, 4) is 0 Å². The molecule has 3 aromatic rings. The van der Waals surface area contributed by atoms with Crippen molar-refractivity contribution in [2.75, 3.05) is 5.32 Å². The largest absolute Gasteiger partial charge is 0.323 e. The highest BCUT2D eigenvalue weighted by molar-refractivity contribution is 6.07. The van der Waals surface area contributed by atoms with Gasteiger partial charge in [0.25, 0.3) is 0 Å². The highest BCUT2D eigenvalue weighted by atomic mass is 19.1. The highest BCUT2D eigenvalue weighted by Gasteiger charge is 2.56. The number of para-hydroxylation sites is 1. The lowest BCUT2D eigenvalue weighted by Crippen LogP contribution is -2.24. The van der Waals surface area contributed by atoms with E-state index >= 15 is 0 Å². The van der Waals surface area contributed by atoms with Crippen LogP contribution in [-0.2, 0) is 0 Å². The minimum Gasteiger partial charge on any atom is -0.308 e. The summed E-state index contributed by atoms with van der Waals surface area (Å²) in [6.07, 6.45) is 0. The van der Waals surface area contributed by atoms with Crippen LogP contribution in [0.15, 0.2) is 84.9 Å². The molecular weight excluding hydrogens is 343 g/mol. The van der Waals surface area contributed by atoms with Gasteiger partial charge < -0.3 is 10.2 Å². The molecular formula is C22H17FN2O2. The van der Waals surface area contributed by atoms with Gasteiger partial charge in [-0.1, -0.05) is 48.5 Å². The van der Waals surface area contributed by atoms with Crippen molar-refractivity contribution in [3.63, 3.8) is 0 Å². The number of hydrogen-bond donors (Lipinski definition) is 1. The average molecular weight is 360 g/mol. The van der Waals surface area contributed by atoms with Crippen LogP contribution >= 0.6 is 0 Å². The molecule has 0 spiro atoms. The van der Waals surface area contributed by atoms with E-state index in [0.717, 1.165) is 5.56 Å². The van der Waals surface area contributed by atoms with Gasteiger partial charge in [0.15, 0.2) is 5.78 Å². The van der Waals surface area contributed by atoms with Crippen LogP contribution in [0.25, 0.3) is 0 Å². The Kier molecular flexibility index (Phi) is 4.42. The summed E-state index contributed by atoms with van der Waals surface area (Å²) in [4.78, 5) is 27.2. The van der Waals surface area contributed by atoms with Gasteiger partial charge in [-0.3, -0.25) is 4.79 Å². The Bertz CT molecular complexity index is 959. The van der Waals surface area contributed by atoms with Crippen molar-refractivity contribution in [1.82, 2.24) is 4.90 Å². The molecule has 0 radical (unpaired) electrons. The summed E-state index contributed by atoms with van der Waals surface area (Å²) in [5.74, 6) is -0.604. The van der Waals surface area contributed by atoms with E-state index in [2.05, 4.69) is 5.32 Å². The molecule has 134 valence electrons. The van der Waals surface area contributed by atoms with Crippen molar-refractivity contribution in [2.24, 2.45) is 0 Å². The Morgan fingerprint density at radius 1 is 0.815 bits per heavy atom. The lowest BCUT2D eigenvalue weighted by molar-refractivity contribution is 0.0976. The molecule has 0 aromatic heterocycles. The van der Waals surface area contributed by atoms with Crippen LogP contribution in [0.2, 0.25) is 0 Å². The van der Waals surface area contributed by atoms with Crippen LogP contribution in [0.1, 0.15) is 22.0 Å². The Morgan fingerprint density at radius 2 is 1.41 bits per heavy atom. The third kappa shape index (κ3) is 3.44. The number of anilines is 1. The summed E-state index contributed by atoms with van der Waals surface area (Å²) >= 11 is 0. The van der Waals surface area contributed by atoms with Gasteiger partial charge in [0.2, 0.25) is 0 Å². The molecule has 0 saturated carbocycles. The van der Waals surface area contributed by atoms with E-state index in [0.29, 0.717) is 11.3 Å². The second kappa shape index (κ2) is 7.03. The first kappa shape index (κ1) is 17.0. The van der Waals surface area contributed by atoms with Crippen LogP contribution < -0.4 is 5.32 Å². The zero-order valence-corrected chi connectivity index (χ0v) is 14.4. The Balaban J connectivity index is 1.60. The Hall–Kier alpha value is -3.47. The smallest absolute Gasteiger partial charge is 0.308 e. The molecule has 1 aliphatic heterocycles. The van der Waals surface area contributed by atoms with Crippen LogP contribution in [0, 0.1) is 5.82 Å². The van der Waals surface area contributed by atoms with E-state index in [-0.39, 0.29) is 17.9 Å². The molecule has 5 heteroatoms. The molecule has 1 fully saturated rings. The molecule has 27 heavy (non-hydrogen) atoms. The number of amides is 2. The number of carbonyl (C=O) groups excluding carboxylic acids is 2. The summed E-state index contributed by atoms with van der Waals surface area (Å²) in [6.45, 7) is 0. The lowest BCUT2D eigenvalue weighted by atomic mass is 10.0. The molecule has 1 aliphatic rings. The molecule has 2 amide bonds. The summed E-state index contributed by atoms with van der Waals surface area (Å²) in [5, 5.41) is 2.82. The van der Waals surface area contributed by atoms with Crippen molar-refractivity contribution in [1.29, 1.82) is 0 Å². The predicted octanol–water partition coefficient (Wildman–Crippen LogP) is 4.67. The van der Waals surface area contributed by atoms with E-state index < -0.39 is 11.9 Å². The number of nitrogens with zero attached hydrogens (tertiary/aromatic N) is 1. The fourth-order valence-corrected chi connectivity index (χ4v) is 3.24. The second-order valence-corrected chi connectivity index (χ2v) is 6.37. The normalized spacial score (nSPS) is 18.0. The minimum atomic E-state index is -0.610. The SMILES string of the molecule is O=C(c1ccc(F)cc1)[C@H]1[C@H](c2ccccc2)N1C(=O)Nc1ccccc1. The van der Waals surface area contributed by atoms with Gasteiger partial charge in [-0.2, -0.15) is 0 Å². The van der Waals surface area contributed by atoms with Crippen LogP contribution in [0.5, 0.6) is 0 Å². The number of urea groups is 1. The third-order valence-corrected chi connectivity index (χ3v) is 4.61. The third-order valence-electron chi connectivity index (χ3n) is 4.61. The maximum atomic E-state index is 13.2. The molecule has 3 aromatic carbocycles. The van der Waals surface area contributed by atoms with Gasteiger partial charge in [-0.05, 0) is 42.0 Å². The number of ketones is 1. The van der Waals surface area contributed by atoms with Crippen LogP contribution in [-0.4, -0.2) is 22.8 Å². The van der Waals surface area contributed by atoms with Gasteiger partial charge in [0, 0.05) is 11.3 Å². The standard InChI is InChI=1S/C22H17FN2O2/c23-17-13-11-16(12-14-17)21(26)20-19(15-7-3-1-4-8-15)25(20)22(27)24-18-9-5-2-6-10-18/h1-14,19-20H,(H,24,27)/t19-,20+,25?/m0/s1. The summed E-state index contributed by atoms with van der Waals surface area (Å²) in [6, 6.07) is 22.6. The second-order valence-electron chi connectivity index (χ2n) is 6.37. The van der Waals surface area contributed by atoms with Crippen molar-refractivity contribution in [3.05, 3.63) is 102 Å². The van der Waals surface area contributed by atoms with E-state index in [1.807, 2.05) is 48.5 Å². The zero-order valence-electron chi connectivity index (χ0n) is 14.4. The number of rotatable bonds is 4. The minimum absolute atomic E-state index is 0.202. The molecule has 4 nitrogen and oxygen atoms in total. The fraction of sp³-hybridized carbons (Fsp3) is 0.0909. The molecule has 0 aliphatic carbocycles. The van der Waals surface area contributed by atoms with Gasteiger partial charge >= 0.3 is 6.03 Å². The number of Topliss-reactive ketones (excluding diaryl/α,β-unsaturated/α-hetero) is 1. The molecule has 1 saturated heterocycles. The number of carbonyl (C=O) groups is 2. The quantitative estimate of drug-likeness (QED) is 0.543. The van der Waals surface area contributed by atoms with Gasteiger partial charge in [0.05, 0.1) is 6.04 Å². The van der Waals surface area contributed by atoms with E-state index in [1.165, 1.54) is 29.2 Å². The van der Waals surface area contributed by atoms with Gasteiger partial charge in [-0.15, -0.1) is 0 Å². The monoisotopic (exact) mass is 360 g/mol. The number of hydrogen-bond acceptors (Lipinski definition) is 2. The van der Waals surface area contributed by atoms with Crippen molar-refractivity contribution >= 4 is 17.5 Å². The van der Waals surface area contributed by atoms with Gasteiger partial charge in [0.1, 0.15) is 11.9 Å². The first-order chi connectivity index (χ1) is 13.1. The highest BCUT2D eigenvalue weighted by Crippen LogP contribution is 2.45.